The number of carboxylic acids is 1. The van der Waals surface area contributed by atoms with Crippen LogP contribution < -0.4 is 5.32 Å². The molecule has 1 rings (SSSR count). The number of hydrogen-bond acceptors (Lipinski definition) is 3. The number of urea groups is 1. The van der Waals surface area contributed by atoms with E-state index in [4.69, 9.17) is 9.84 Å². The Morgan fingerprint density at radius 3 is 2.63 bits per heavy atom. The highest BCUT2D eigenvalue weighted by Crippen LogP contribution is 2.11. The first kappa shape index (κ1) is 15.5. The SMILES string of the molecule is COCC1=CCN(C(=O)NC(C(=O)O)C(C)C)CC1. The van der Waals surface area contributed by atoms with Crippen molar-refractivity contribution in [3.8, 4) is 0 Å². The summed E-state index contributed by atoms with van der Waals surface area (Å²) in [4.78, 5) is 24.6. The van der Waals surface area contributed by atoms with Crippen LogP contribution in [0.3, 0.4) is 0 Å². The van der Waals surface area contributed by atoms with Crippen molar-refractivity contribution >= 4 is 12.0 Å². The monoisotopic (exact) mass is 270 g/mol. The lowest BCUT2D eigenvalue weighted by Crippen LogP contribution is -2.51. The number of methoxy groups -OCH3 is 1. The molecule has 0 spiro atoms. The minimum absolute atomic E-state index is 0.147. The summed E-state index contributed by atoms with van der Waals surface area (Å²) in [6.07, 6.45) is 2.72. The van der Waals surface area contributed by atoms with Crippen molar-refractivity contribution in [1.29, 1.82) is 0 Å². The number of carbonyl (C=O) groups is 2. The third-order valence-electron chi connectivity index (χ3n) is 3.13. The van der Waals surface area contributed by atoms with Crippen LogP contribution in [0.1, 0.15) is 20.3 Å². The molecule has 0 saturated heterocycles. The second-order valence-corrected chi connectivity index (χ2v) is 5.00. The summed E-state index contributed by atoms with van der Waals surface area (Å²) in [6, 6.07) is -1.18. The molecule has 6 heteroatoms. The van der Waals surface area contributed by atoms with Crippen molar-refractivity contribution in [2.75, 3.05) is 26.8 Å². The van der Waals surface area contributed by atoms with E-state index in [0.29, 0.717) is 19.7 Å². The molecule has 6 nitrogen and oxygen atoms in total. The van der Waals surface area contributed by atoms with Crippen LogP contribution in [0.15, 0.2) is 11.6 Å². The molecule has 1 unspecified atom stereocenters. The average molecular weight is 270 g/mol. The number of nitrogens with zero attached hydrogens (tertiary/aromatic N) is 1. The molecule has 108 valence electrons. The molecular weight excluding hydrogens is 248 g/mol. The Morgan fingerprint density at radius 2 is 2.21 bits per heavy atom. The molecule has 1 aliphatic heterocycles. The molecule has 0 radical (unpaired) electrons. The Balaban J connectivity index is 2.53. The molecule has 2 N–H and O–H groups in total. The number of ether oxygens (including phenoxy) is 1. The summed E-state index contributed by atoms with van der Waals surface area (Å²) in [7, 11) is 1.64. The topological polar surface area (TPSA) is 78.9 Å². The number of nitrogens with one attached hydrogen (secondary N) is 1. The molecule has 0 aromatic rings. The lowest BCUT2D eigenvalue weighted by Gasteiger charge is -2.28. The number of amides is 2. The average Bonchev–Trinajstić information content (AvgIpc) is 2.36. The summed E-state index contributed by atoms with van der Waals surface area (Å²) in [6.45, 7) is 5.21. The van der Waals surface area contributed by atoms with Crippen LogP contribution in [0.4, 0.5) is 4.79 Å². The predicted molar refractivity (Wildman–Crippen MR) is 70.9 cm³/mol. The van der Waals surface area contributed by atoms with Crippen LogP contribution in [-0.4, -0.2) is 54.9 Å². The van der Waals surface area contributed by atoms with E-state index in [1.165, 1.54) is 5.57 Å². The lowest BCUT2D eigenvalue weighted by molar-refractivity contribution is -0.140. The van der Waals surface area contributed by atoms with E-state index in [-0.39, 0.29) is 11.9 Å². The maximum absolute atomic E-state index is 12.0. The molecule has 0 fully saturated rings. The van der Waals surface area contributed by atoms with Crippen LogP contribution in [0, 0.1) is 5.92 Å². The summed E-state index contributed by atoms with van der Waals surface area (Å²) < 4.78 is 5.04. The zero-order valence-electron chi connectivity index (χ0n) is 11.7. The zero-order chi connectivity index (χ0) is 14.4. The minimum atomic E-state index is -1.00. The van der Waals surface area contributed by atoms with E-state index in [2.05, 4.69) is 5.32 Å². The van der Waals surface area contributed by atoms with Crippen molar-refractivity contribution in [2.45, 2.75) is 26.3 Å². The first-order chi connectivity index (χ1) is 8.95. The fourth-order valence-electron chi connectivity index (χ4n) is 1.95. The summed E-state index contributed by atoms with van der Waals surface area (Å²) in [5.74, 6) is -1.15. The van der Waals surface area contributed by atoms with E-state index < -0.39 is 12.0 Å². The number of carbonyl (C=O) groups excluding carboxylic acids is 1. The smallest absolute Gasteiger partial charge is 0.326 e. The highest BCUT2D eigenvalue weighted by atomic mass is 16.5. The van der Waals surface area contributed by atoms with Gasteiger partial charge in [-0.05, 0) is 17.9 Å². The predicted octanol–water partition coefficient (Wildman–Crippen LogP) is 1.08. The summed E-state index contributed by atoms with van der Waals surface area (Å²) in [5.41, 5.74) is 1.17. The van der Waals surface area contributed by atoms with Crippen molar-refractivity contribution in [3.05, 3.63) is 11.6 Å². The van der Waals surface area contributed by atoms with Gasteiger partial charge in [0.05, 0.1) is 6.61 Å². The second-order valence-electron chi connectivity index (χ2n) is 5.00. The molecule has 0 aromatic carbocycles. The van der Waals surface area contributed by atoms with Gasteiger partial charge in [-0.3, -0.25) is 0 Å². The molecule has 1 aliphatic rings. The van der Waals surface area contributed by atoms with E-state index in [1.54, 1.807) is 25.9 Å². The van der Waals surface area contributed by atoms with Crippen LogP contribution >= 0.6 is 0 Å². The van der Waals surface area contributed by atoms with Gasteiger partial charge in [-0.25, -0.2) is 9.59 Å². The molecule has 2 amide bonds. The first-order valence-electron chi connectivity index (χ1n) is 6.40. The lowest BCUT2D eigenvalue weighted by atomic mass is 10.1. The normalized spacial score (nSPS) is 17.1. The van der Waals surface area contributed by atoms with Crippen LogP contribution in [0.2, 0.25) is 0 Å². The van der Waals surface area contributed by atoms with Gasteiger partial charge in [0.1, 0.15) is 6.04 Å². The van der Waals surface area contributed by atoms with Crippen LogP contribution in [0.25, 0.3) is 0 Å². The Labute approximate surface area is 113 Å². The zero-order valence-corrected chi connectivity index (χ0v) is 11.7. The summed E-state index contributed by atoms with van der Waals surface area (Å²) in [5, 5.41) is 11.6. The van der Waals surface area contributed by atoms with E-state index in [1.807, 2.05) is 6.08 Å². The highest BCUT2D eigenvalue weighted by molar-refractivity contribution is 5.82. The Bertz CT molecular complexity index is 366. The Morgan fingerprint density at radius 1 is 1.53 bits per heavy atom. The number of carboxylic acid groups (broad SMARTS) is 1. The molecule has 1 atom stereocenters. The third kappa shape index (κ3) is 4.55. The minimum Gasteiger partial charge on any atom is -0.480 e. The number of hydrogen-bond donors (Lipinski definition) is 2. The van der Waals surface area contributed by atoms with E-state index in [0.717, 1.165) is 6.42 Å². The van der Waals surface area contributed by atoms with Gasteiger partial charge in [0.2, 0.25) is 0 Å². The van der Waals surface area contributed by atoms with Crippen molar-refractivity contribution in [3.63, 3.8) is 0 Å². The van der Waals surface area contributed by atoms with Gasteiger partial charge in [-0.2, -0.15) is 0 Å². The fourth-order valence-corrected chi connectivity index (χ4v) is 1.95. The molecule has 0 bridgehead atoms. The fraction of sp³-hybridized carbons (Fsp3) is 0.692. The van der Waals surface area contributed by atoms with Gasteiger partial charge in [-0.15, -0.1) is 0 Å². The molecule has 0 aromatic heterocycles. The molecule has 0 aliphatic carbocycles. The largest absolute Gasteiger partial charge is 0.480 e. The van der Waals surface area contributed by atoms with Crippen LogP contribution in [0.5, 0.6) is 0 Å². The standard InChI is InChI=1S/C13H22N2O4/c1-9(2)11(12(16)17)14-13(18)15-6-4-10(5-7-15)8-19-3/h4,9,11H,5-8H2,1-3H3,(H,14,18)(H,16,17). The van der Waals surface area contributed by atoms with Crippen molar-refractivity contribution in [2.24, 2.45) is 5.92 Å². The van der Waals surface area contributed by atoms with Gasteiger partial charge in [0.25, 0.3) is 0 Å². The first-order valence-corrected chi connectivity index (χ1v) is 6.40. The van der Waals surface area contributed by atoms with Crippen molar-refractivity contribution < 1.29 is 19.4 Å². The molecular formula is C13H22N2O4. The Kier molecular flexibility index (Phi) is 5.82. The van der Waals surface area contributed by atoms with Crippen LogP contribution in [-0.2, 0) is 9.53 Å². The second kappa shape index (κ2) is 7.13. The third-order valence-corrected chi connectivity index (χ3v) is 3.13. The highest BCUT2D eigenvalue weighted by Gasteiger charge is 2.26. The molecule has 19 heavy (non-hydrogen) atoms. The Hall–Kier alpha value is -1.56. The summed E-state index contributed by atoms with van der Waals surface area (Å²) >= 11 is 0. The van der Waals surface area contributed by atoms with E-state index >= 15 is 0 Å². The molecule has 1 heterocycles. The van der Waals surface area contributed by atoms with Gasteiger partial charge < -0.3 is 20.1 Å². The van der Waals surface area contributed by atoms with Crippen molar-refractivity contribution in [1.82, 2.24) is 10.2 Å². The number of rotatable bonds is 5. The number of aliphatic carboxylic acids is 1. The van der Waals surface area contributed by atoms with Gasteiger partial charge in [-0.1, -0.05) is 19.9 Å². The quantitative estimate of drug-likeness (QED) is 0.733. The maximum atomic E-state index is 12.0. The maximum Gasteiger partial charge on any atom is 0.326 e. The van der Waals surface area contributed by atoms with Gasteiger partial charge in [0, 0.05) is 20.2 Å². The van der Waals surface area contributed by atoms with Gasteiger partial charge in [0.15, 0.2) is 0 Å². The molecule has 0 saturated carbocycles. The van der Waals surface area contributed by atoms with Gasteiger partial charge >= 0.3 is 12.0 Å². The van der Waals surface area contributed by atoms with E-state index in [9.17, 15) is 9.59 Å².